The Kier molecular flexibility index (Phi) is 4.32. The number of anilines is 1. The number of imidazole rings is 1. The standard InChI is InChI=1S/C17H18N8/c1-2-5-14(6-3-1)7-4-11-24-12-10-18-17(24)13-19-15-8-9-16-20-22-23-25(16)21-15/h1-3,5-6,8-10,12H,4,7,11,13H2,(H,19,21). The molecular weight excluding hydrogens is 316 g/mol. The molecule has 25 heavy (non-hydrogen) atoms. The molecule has 3 heterocycles. The number of nitrogens with zero attached hydrogens (tertiary/aromatic N) is 7. The minimum atomic E-state index is 0.596. The zero-order valence-electron chi connectivity index (χ0n) is 13.7. The number of tetrazole rings is 1. The van der Waals surface area contributed by atoms with E-state index >= 15 is 0 Å². The Hall–Kier alpha value is -3.29. The van der Waals surface area contributed by atoms with E-state index in [1.165, 1.54) is 10.2 Å². The average molecular weight is 334 g/mol. The lowest BCUT2D eigenvalue weighted by atomic mass is 10.1. The van der Waals surface area contributed by atoms with E-state index in [4.69, 9.17) is 0 Å². The fourth-order valence-electron chi connectivity index (χ4n) is 2.72. The second-order valence-electron chi connectivity index (χ2n) is 5.72. The minimum absolute atomic E-state index is 0.596. The average Bonchev–Trinajstić information content (AvgIpc) is 3.29. The Labute approximate surface area is 144 Å². The van der Waals surface area contributed by atoms with Crippen molar-refractivity contribution in [2.75, 3.05) is 5.32 Å². The molecule has 3 aromatic heterocycles. The van der Waals surface area contributed by atoms with Gasteiger partial charge in [-0.15, -0.1) is 14.8 Å². The summed E-state index contributed by atoms with van der Waals surface area (Å²) in [4.78, 5) is 4.43. The van der Waals surface area contributed by atoms with Crippen molar-refractivity contribution in [3.05, 3.63) is 66.2 Å². The van der Waals surface area contributed by atoms with E-state index in [0.29, 0.717) is 18.0 Å². The fourth-order valence-corrected chi connectivity index (χ4v) is 2.72. The van der Waals surface area contributed by atoms with Crippen molar-refractivity contribution in [1.82, 2.24) is 34.8 Å². The number of hydrogen-bond donors (Lipinski definition) is 1. The monoisotopic (exact) mass is 334 g/mol. The van der Waals surface area contributed by atoms with Gasteiger partial charge in [0.1, 0.15) is 11.6 Å². The summed E-state index contributed by atoms with van der Waals surface area (Å²) in [6.07, 6.45) is 5.98. The third-order valence-corrected chi connectivity index (χ3v) is 4.01. The van der Waals surface area contributed by atoms with E-state index < -0.39 is 0 Å². The van der Waals surface area contributed by atoms with Gasteiger partial charge in [-0.1, -0.05) is 30.3 Å². The fraction of sp³-hybridized carbons (Fsp3) is 0.235. The van der Waals surface area contributed by atoms with Gasteiger partial charge in [0, 0.05) is 18.9 Å². The largest absolute Gasteiger partial charge is 0.361 e. The molecule has 0 saturated heterocycles. The molecule has 4 rings (SSSR count). The van der Waals surface area contributed by atoms with Gasteiger partial charge < -0.3 is 9.88 Å². The molecule has 0 atom stereocenters. The van der Waals surface area contributed by atoms with Crippen molar-refractivity contribution >= 4 is 11.5 Å². The minimum Gasteiger partial charge on any atom is -0.361 e. The zero-order valence-corrected chi connectivity index (χ0v) is 13.7. The molecule has 0 fully saturated rings. The molecule has 0 aliphatic heterocycles. The quantitative estimate of drug-likeness (QED) is 0.556. The molecule has 0 radical (unpaired) electrons. The summed E-state index contributed by atoms with van der Waals surface area (Å²) in [5, 5.41) is 18.8. The molecule has 8 heteroatoms. The van der Waals surface area contributed by atoms with Crippen LogP contribution in [0.3, 0.4) is 0 Å². The molecule has 0 aliphatic rings. The van der Waals surface area contributed by atoms with Crippen LogP contribution in [0, 0.1) is 0 Å². The molecule has 8 nitrogen and oxygen atoms in total. The lowest BCUT2D eigenvalue weighted by molar-refractivity contribution is 0.614. The van der Waals surface area contributed by atoms with Crippen LogP contribution in [0.5, 0.6) is 0 Å². The Balaban J connectivity index is 1.34. The van der Waals surface area contributed by atoms with Crippen molar-refractivity contribution in [2.24, 2.45) is 0 Å². The molecule has 1 N–H and O–H groups in total. The predicted molar refractivity (Wildman–Crippen MR) is 92.9 cm³/mol. The predicted octanol–water partition coefficient (Wildman–Crippen LogP) is 1.96. The SMILES string of the molecule is c1ccc(CCCn2ccnc2CNc2ccc3nnnn3n2)cc1. The van der Waals surface area contributed by atoms with E-state index in [1.54, 1.807) is 0 Å². The van der Waals surface area contributed by atoms with Gasteiger partial charge in [-0.25, -0.2) is 4.98 Å². The third kappa shape index (κ3) is 3.63. The van der Waals surface area contributed by atoms with Crippen LogP contribution in [0.1, 0.15) is 17.8 Å². The van der Waals surface area contributed by atoms with Crippen molar-refractivity contribution < 1.29 is 0 Å². The van der Waals surface area contributed by atoms with Crippen LogP contribution in [-0.2, 0) is 19.5 Å². The van der Waals surface area contributed by atoms with Gasteiger partial charge in [-0.2, -0.15) is 0 Å². The summed E-state index contributed by atoms with van der Waals surface area (Å²) in [5.74, 6) is 1.69. The van der Waals surface area contributed by atoms with E-state index in [2.05, 4.69) is 59.8 Å². The Bertz CT molecular complexity index is 943. The van der Waals surface area contributed by atoms with Crippen LogP contribution < -0.4 is 5.32 Å². The van der Waals surface area contributed by atoms with Crippen LogP contribution in [0.2, 0.25) is 0 Å². The highest BCUT2D eigenvalue weighted by atomic mass is 15.6. The number of nitrogens with one attached hydrogen (secondary N) is 1. The normalized spacial score (nSPS) is 11.0. The van der Waals surface area contributed by atoms with Crippen molar-refractivity contribution in [1.29, 1.82) is 0 Å². The summed E-state index contributed by atoms with van der Waals surface area (Å²) < 4.78 is 3.57. The number of hydrogen-bond acceptors (Lipinski definition) is 6. The molecule has 1 aromatic carbocycles. The maximum Gasteiger partial charge on any atom is 0.200 e. The highest BCUT2D eigenvalue weighted by Gasteiger charge is 2.05. The molecule has 0 aliphatic carbocycles. The van der Waals surface area contributed by atoms with Crippen molar-refractivity contribution in [3.8, 4) is 0 Å². The van der Waals surface area contributed by atoms with Crippen LogP contribution >= 0.6 is 0 Å². The molecule has 0 bridgehead atoms. The Morgan fingerprint density at radius 3 is 2.88 bits per heavy atom. The van der Waals surface area contributed by atoms with Gasteiger partial charge in [0.25, 0.3) is 0 Å². The van der Waals surface area contributed by atoms with Crippen molar-refractivity contribution in [3.63, 3.8) is 0 Å². The molecule has 4 aromatic rings. The maximum atomic E-state index is 4.43. The molecule has 0 spiro atoms. The highest BCUT2D eigenvalue weighted by molar-refractivity contribution is 5.42. The van der Waals surface area contributed by atoms with Crippen molar-refractivity contribution in [2.45, 2.75) is 25.9 Å². The van der Waals surface area contributed by atoms with E-state index in [-0.39, 0.29) is 0 Å². The van der Waals surface area contributed by atoms with Gasteiger partial charge in [0.2, 0.25) is 0 Å². The highest BCUT2D eigenvalue weighted by Crippen LogP contribution is 2.08. The molecule has 0 unspecified atom stereocenters. The van der Waals surface area contributed by atoms with Crippen LogP contribution in [0.15, 0.2) is 54.9 Å². The Morgan fingerprint density at radius 1 is 1.04 bits per heavy atom. The molecule has 0 amide bonds. The first kappa shape index (κ1) is 15.3. The summed E-state index contributed by atoms with van der Waals surface area (Å²) in [6, 6.07) is 14.2. The van der Waals surface area contributed by atoms with Crippen LogP contribution in [0.25, 0.3) is 5.65 Å². The first-order valence-electron chi connectivity index (χ1n) is 8.22. The lowest BCUT2D eigenvalue weighted by Gasteiger charge is -2.09. The van der Waals surface area contributed by atoms with Gasteiger partial charge in [-0.05, 0) is 41.0 Å². The first-order valence-corrected chi connectivity index (χ1v) is 8.22. The number of aromatic nitrogens is 7. The van der Waals surface area contributed by atoms with Gasteiger partial charge in [0.05, 0.1) is 6.54 Å². The zero-order chi connectivity index (χ0) is 16.9. The first-order chi connectivity index (χ1) is 12.4. The Morgan fingerprint density at radius 2 is 1.96 bits per heavy atom. The number of rotatable bonds is 7. The van der Waals surface area contributed by atoms with Crippen LogP contribution in [-0.4, -0.2) is 34.8 Å². The third-order valence-electron chi connectivity index (χ3n) is 4.01. The maximum absolute atomic E-state index is 4.43. The summed E-state index contributed by atoms with van der Waals surface area (Å²) in [5.41, 5.74) is 1.98. The molecule has 0 saturated carbocycles. The van der Waals surface area contributed by atoms with E-state index in [1.807, 2.05) is 30.6 Å². The van der Waals surface area contributed by atoms with Gasteiger partial charge in [-0.3, -0.25) is 0 Å². The molecular formula is C17H18N8. The number of benzene rings is 1. The number of fused-ring (bicyclic) bond motifs is 1. The smallest absolute Gasteiger partial charge is 0.200 e. The molecule has 126 valence electrons. The van der Waals surface area contributed by atoms with E-state index in [0.717, 1.165) is 25.2 Å². The van der Waals surface area contributed by atoms with Gasteiger partial charge >= 0.3 is 0 Å². The second kappa shape index (κ2) is 7.08. The summed E-state index contributed by atoms with van der Waals surface area (Å²) in [7, 11) is 0. The topological polar surface area (TPSA) is 85.8 Å². The second-order valence-corrected chi connectivity index (χ2v) is 5.72. The van der Waals surface area contributed by atoms with Gasteiger partial charge in [0.15, 0.2) is 5.65 Å². The lowest BCUT2D eigenvalue weighted by Crippen LogP contribution is -2.11. The number of aryl methyl sites for hydroxylation is 2. The summed E-state index contributed by atoms with van der Waals surface area (Å²) >= 11 is 0. The van der Waals surface area contributed by atoms with Crippen LogP contribution in [0.4, 0.5) is 5.82 Å². The van der Waals surface area contributed by atoms with E-state index in [9.17, 15) is 0 Å². The summed E-state index contributed by atoms with van der Waals surface area (Å²) in [6.45, 7) is 1.53.